The van der Waals surface area contributed by atoms with E-state index in [1.54, 1.807) is 13.3 Å². The molecule has 0 saturated heterocycles. The zero-order valence-corrected chi connectivity index (χ0v) is 12.7. The van der Waals surface area contributed by atoms with Crippen LogP contribution in [0.2, 0.25) is 0 Å². The molecule has 0 aliphatic heterocycles. The van der Waals surface area contributed by atoms with Gasteiger partial charge in [0.2, 0.25) is 0 Å². The van der Waals surface area contributed by atoms with Gasteiger partial charge in [-0.2, -0.15) is 0 Å². The number of pyridine rings is 1. The van der Waals surface area contributed by atoms with Crippen LogP contribution >= 0.6 is 0 Å². The Hall–Kier alpha value is -2.47. The first-order valence-electron chi connectivity index (χ1n) is 7.10. The van der Waals surface area contributed by atoms with E-state index in [9.17, 15) is 5.11 Å². The van der Waals surface area contributed by atoms with Gasteiger partial charge in [0.25, 0.3) is 0 Å². The van der Waals surface area contributed by atoms with E-state index >= 15 is 0 Å². The third-order valence-corrected chi connectivity index (χ3v) is 3.93. The highest BCUT2D eigenvalue weighted by atomic mass is 16.5. The monoisotopic (exact) mass is 298 g/mol. The van der Waals surface area contributed by atoms with E-state index in [1.807, 2.05) is 44.2 Å². The largest absolute Gasteiger partial charge is 0.497 e. The summed E-state index contributed by atoms with van der Waals surface area (Å²) in [7, 11) is 1.63. The Morgan fingerprint density at radius 1 is 1.18 bits per heavy atom. The number of rotatable bonds is 4. The van der Waals surface area contributed by atoms with E-state index in [-0.39, 0.29) is 5.92 Å². The number of hydrogen-bond acceptors (Lipinski definition) is 5. The lowest BCUT2D eigenvalue weighted by molar-refractivity contribution is 0.0235. The SMILES string of the molecule is COc1ccc2nc(C(O)(c3c[nH]nn3)C(C)C)ccc2c1. The standard InChI is InChI=1S/C16H18N4O2/c1-10(2)16(21,15-9-17-20-19-15)14-7-4-11-8-12(22-3)5-6-13(11)18-14/h4-10,21H,1-3H3,(H,17,19,20). The first kappa shape index (κ1) is 14.5. The number of fused-ring (bicyclic) bond motifs is 1. The molecule has 0 aliphatic rings. The van der Waals surface area contributed by atoms with Crippen molar-refractivity contribution >= 4 is 10.9 Å². The van der Waals surface area contributed by atoms with E-state index in [0.29, 0.717) is 11.4 Å². The number of methoxy groups -OCH3 is 1. The van der Waals surface area contributed by atoms with Crippen molar-refractivity contribution in [1.29, 1.82) is 0 Å². The van der Waals surface area contributed by atoms with Crippen molar-refractivity contribution in [3.63, 3.8) is 0 Å². The summed E-state index contributed by atoms with van der Waals surface area (Å²) in [6, 6.07) is 9.38. The van der Waals surface area contributed by atoms with Gasteiger partial charge in [-0.15, -0.1) is 5.10 Å². The smallest absolute Gasteiger partial charge is 0.154 e. The first-order valence-corrected chi connectivity index (χ1v) is 7.10. The minimum absolute atomic E-state index is 0.110. The molecule has 0 bridgehead atoms. The zero-order chi connectivity index (χ0) is 15.7. The van der Waals surface area contributed by atoms with Crippen LogP contribution in [0.1, 0.15) is 25.2 Å². The molecule has 2 N–H and O–H groups in total. The number of nitrogens with zero attached hydrogens (tertiary/aromatic N) is 3. The summed E-state index contributed by atoms with van der Waals surface area (Å²) in [5.41, 5.74) is 0.513. The molecule has 0 amide bonds. The van der Waals surface area contributed by atoms with Crippen molar-refractivity contribution in [2.45, 2.75) is 19.4 Å². The molecule has 0 saturated carbocycles. The van der Waals surface area contributed by atoms with Gasteiger partial charge in [0.1, 0.15) is 11.4 Å². The molecule has 2 aromatic heterocycles. The molecular formula is C16H18N4O2. The summed E-state index contributed by atoms with van der Waals surface area (Å²) < 4.78 is 5.22. The van der Waals surface area contributed by atoms with Crippen LogP contribution in [0.4, 0.5) is 0 Å². The lowest BCUT2D eigenvalue weighted by Gasteiger charge is -2.29. The number of benzene rings is 1. The molecule has 2 heterocycles. The molecule has 0 spiro atoms. The molecule has 1 unspecified atom stereocenters. The van der Waals surface area contributed by atoms with E-state index in [2.05, 4.69) is 20.4 Å². The van der Waals surface area contributed by atoms with Gasteiger partial charge in [-0.05, 0) is 30.2 Å². The highest BCUT2D eigenvalue weighted by Gasteiger charge is 2.39. The Kier molecular flexibility index (Phi) is 3.54. The fourth-order valence-corrected chi connectivity index (χ4v) is 2.55. The number of aromatic amines is 1. The van der Waals surface area contributed by atoms with Crippen LogP contribution in [0.15, 0.2) is 36.5 Å². The summed E-state index contributed by atoms with van der Waals surface area (Å²) >= 11 is 0. The molecule has 0 fully saturated rings. The van der Waals surface area contributed by atoms with E-state index in [4.69, 9.17) is 4.74 Å². The summed E-state index contributed by atoms with van der Waals surface area (Å²) in [5.74, 6) is 0.665. The van der Waals surface area contributed by atoms with Crippen LogP contribution < -0.4 is 4.74 Å². The lowest BCUT2D eigenvalue weighted by atomic mass is 9.84. The summed E-state index contributed by atoms with van der Waals surface area (Å²) in [5, 5.41) is 22.5. The highest BCUT2D eigenvalue weighted by molar-refractivity contribution is 5.80. The van der Waals surface area contributed by atoms with Crippen molar-refractivity contribution in [2.75, 3.05) is 7.11 Å². The number of ether oxygens (including phenoxy) is 1. The maximum absolute atomic E-state index is 11.2. The van der Waals surface area contributed by atoms with Crippen LogP contribution in [-0.2, 0) is 5.60 Å². The molecule has 6 nitrogen and oxygen atoms in total. The maximum atomic E-state index is 11.2. The minimum atomic E-state index is -1.29. The van der Waals surface area contributed by atoms with Gasteiger partial charge in [-0.25, -0.2) is 4.98 Å². The van der Waals surface area contributed by atoms with E-state index in [1.165, 1.54) is 0 Å². The number of hydrogen-bond donors (Lipinski definition) is 2. The molecule has 1 aromatic carbocycles. The molecule has 1 atom stereocenters. The zero-order valence-electron chi connectivity index (χ0n) is 12.7. The van der Waals surface area contributed by atoms with E-state index in [0.717, 1.165) is 16.7 Å². The predicted molar refractivity (Wildman–Crippen MR) is 82.5 cm³/mol. The number of H-pyrrole nitrogens is 1. The van der Waals surface area contributed by atoms with Gasteiger partial charge < -0.3 is 9.84 Å². The second-order valence-corrected chi connectivity index (χ2v) is 5.53. The maximum Gasteiger partial charge on any atom is 0.154 e. The average Bonchev–Trinajstić information content (AvgIpc) is 3.07. The average molecular weight is 298 g/mol. The number of aromatic nitrogens is 4. The molecule has 114 valence electrons. The topological polar surface area (TPSA) is 83.9 Å². The first-order chi connectivity index (χ1) is 10.6. The summed E-state index contributed by atoms with van der Waals surface area (Å²) in [6.45, 7) is 3.85. The molecule has 0 radical (unpaired) electrons. The quantitative estimate of drug-likeness (QED) is 0.772. The van der Waals surface area contributed by atoms with Crippen LogP contribution in [0, 0.1) is 5.92 Å². The Morgan fingerprint density at radius 3 is 2.64 bits per heavy atom. The molecular weight excluding hydrogens is 280 g/mol. The highest BCUT2D eigenvalue weighted by Crippen LogP contribution is 2.35. The van der Waals surface area contributed by atoms with Gasteiger partial charge in [-0.1, -0.05) is 25.1 Å². The van der Waals surface area contributed by atoms with E-state index < -0.39 is 5.60 Å². The molecule has 3 aromatic rings. The van der Waals surface area contributed by atoms with Crippen LogP contribution in [0.25, 0.3) is 10.9 Å². The van der Waals surface area contributed by atoms with Crippen molar-refractivity contribution in [3.8, 4) is 5.75 Å². The van der Waals surface area contributed by atoms with Crippen LogP contribution in [-0.4, -0.2) is 32.6 Å². The number of aliphatic hydroxyl groups is 1. The van der Waals surface area contributed by atoms with Gasteiger partial charge in [-0.3, -0.25) is 5.10 Å². The predicted octanol–water partition coefficient (Wildman–Crippen LogP) is 2.25. The molecule has 6 heteroatoms. The molecule has 22 heavy (non-hydrogen) atoms. The van der Waals surface area contributed by atoms with Gasteiger partial charge in [0.05, 0.1) is 18.3 Å². The Bertz CT molecular complexity index is 786. The van der Waals surface area contributed by atoms with Crippen LogP contribution in [0.3, 0.4) is 0 Å². The normalized spacial score (nSPS) is 14.2. The van der Waals surface area contributed by atoms with Crippen LogP contribution in [0.5, 0.6) is 5.75 Å². The fourth-order valence-electron chi connectivity index (χ4n) is 2.55. The van der Waals surface area contributed by atoms with Gasteiger partial charge in [0, 0.05) is 11.6 Å². The third kappa shape index (κ3) is 2.21. The Morgan fingerprint density at radius 2 is 2.00 bits per heavy atom. The molecule has 0 aliphatic carbocycles. The van der Waals surface area contributed by atoms with Gasteiger partial charge in [0.15, 0.2) is 5.60 Å². The lowest BCUT2D eigenvalue weighted by Crippen LogP contribution is -2.35. The van der Waals surface area contributed by atoms with Gasteiger partial charge >= 0.3 is 0 Å². The second-order valence-electron chi connectivity index (χ2n) is 5.53. The van der Waals surface area contributed by atoms with Crippen molar-refractivity contribution in [3.05, 3.63) is 47.9 Å². The Labute approximate surface area is 128 Å². The number of nitrogens with one attached hydrogen (secondary N) is 1. The second kappa shape index (κ2) is 5.38. The summed E-state index contributed by atoms with van der Waals surface area (Å²) in [6.07, 6.45) is 1.60. The van der Waals surface area contributed by atoms with Crippen molar-refractivity contribution in [1.82, 2.24) is 20.4 Å². The summed E-state index contributed by atoms with van der Waals surface area (Å²) in [4.78, 5) is 4.61. The van der Waals surface area contributed by atoms with Crippen molar-refractivity contribution in [2.24, 2.45) is 5.92 Å². The fraction of sp³-hybridized carbons (Fsp3) is 0.312. The van der Waals surface area contributed by atoms with Crippen molar-refractivity contribution < 1.29 is 9.84 Å². The Balaban J connectivity index is 2.15. The third-order valence-electron chi connectivity index (χ3n) is 3.93. The molecule has 3 rings (SSSR count). The minimum Gasteiger partial charge on any atom is -0.497 e.